The van der Waals surface area contributed by atoms with Crippen LogP contribution in [-0.4, -0.2) is 48.8 Å². The second-order valence-electron chi connectivity index (χ2n) is 4.80. The SMILES string of the molecule is CCCNc1ncc(S(=O)(=O)N2CCCSCC2)cc1Cl. The highest BCUT2D eigenvalue weighted by Gasteiger charge is 2.26. The molecule has 118 valence electrons. The summed E-state index contributed by atoms with van der Waals surface area (Å²) in [7, 11) is -3.50. The first kappa shape index (κ1) is 16.9. The van der Waals surface area contributed by atoms with Gasteiger partial charge in [-0.25, -0.2) is 13.4 Å². The molecule has 1 aliphatic heterocycles. The van der Waals surface area contributed by atoms with Gasteiger partial charge < -0.3 is 5.32 Å². The summed E-state index contributed by atoms with van der Waals surface area (Å²) in [6.45, 7) is 3.89. The van der Waals surface area contributed by atoms with Crippen LogP contribution >= 0.6 is 23.4 Å². The largest absolute Gasteiger partial charge is 0.369 e. The second-order valence-corrected chi connectivity index (χ2v) is 8.37. The molecule has 8 heteroatoms. The van der Waals surface area contributed by atoms with Crippen molar-refractivity contribution in [2.24, 2.45) is 0 Å². The summed E-state index contributed by atoms with van der Waals surface area (Å²) in [6, 6.07) is 1.49. The summed E-state index contributed by atoms with van der Waals surface area (Å²) in [5.41, 5.74) is 0. The average molecular weight is 350 g/mol. The molecule has 0 amide bonds. The van der Waals surface area contributed by atoms with Crippen LogP contribution in [0.4, 0.5) is 5.82 Å². The standard InChI is InChI=1S/C13H20ClN3O2S2/c1-2-4-15-13-12(14)9-11(10-16-13)21(18,19)17-5-3-7-20-8-6-17/h9-10H,2-8H2,1H3,(H,15,16). The van der Waals surface area contributed by atoms with Crippen LogP contribution < -0.4 is 5.32 Å². The fourth-order valence-corrected chi connectivity index (χ4v) is 4.80. The Hall–Kier alpha value is -0.500. The van der Waals surface area contributed by atoms with Crippen molar-refractivity contribution in [2.45, 2.75) is 24.7 Å². The molecule has 21 heavy (non-hydrogen) atoms. The minimum Gasteiger partial charge on any atom is -0.369 e. The predicted molar refractivity (Wildman–Crippen MR) is 88.7 cm³/mol. The van der Waals surface area contributed by atoms with Crippen molar-refractivity contribution >= 4 is 39.2 Å². The van der Waals surface area contributed by atoms with E-state index in [9.17, 15) is 8.42 Å². The van der Waals surface area contributed by atoms with Crippen molar-refractivity contribution < 1.29 is 8.42 Å². The van der Waals surface area contributed by atoms with Crippen molar-refractivity contribution in [3.05, 3.63) is 17.3 Å². The van der Waals surface area contributed by atoms with Crippen molar-refractivity contribution in [3.63, 3.8) is 0 Å². The lowest BCUT2D eigenvalue weighted by Gasteiger charge is -2.19. The van der Waals surface area contributed by atoms with Gasteiger partial charge in [-0.3, -0.25) is 0 Å². The van der Waals surface area contributed by atoms with Gasteiger partial charge in [-0.05, 0) is 24.7 Å². The molecule has 0 aliphatic carbocycles. The number of halogens is 1. The molecule has 2 rings (SSSR count). The molecule has 5 nitrogen and oxygen atoms in total. The van der Waals surface area contributed by atoms with Crippen LogP contribution in [0, 0.1) is 0 Å². The maximum absolute atomic E-state index is 12.6. The Morgan fingerprint density at radius 1 is 1.43 bits per heavy atom. The van der Waals surface area contributed by atoms with E-state index >= 15 is 0 Å². The lowest BCUT2D eigenvalue weighted by molar-refractivity contribution is 0.435. The molecular weight excluding hydrogens is 330 g/mol. The van der Waals surface area contributed by atoms with Crippen LogP contribution in [0.2, 0.25) is 5.02 Å². The lowest BCUT2D eigenvalue weighted by atomic mass is 10.4. The minimum absolute atomic E-state index is 0.168. The molecule has 0 spiro atoms. The zero-order chi connectivity index (χ0) is 15.3. The third-order valence-electron chi connectivity index (χ3n) is 3.18. The summed E-state index contributed by atoms with van der Waals surface area (Å²) in [5.74, 6) is 2.37. The van der Waals surface area contributed by atoms with E-state index in [0.29, 0.717) is 23.9 Å². The Labute approximate surface area is 135 Å². The van der Waals surface area contributed by atoms with Gasteiger partial charge in [0.15, 0.2) is 0 Å². The Morgan fingerprint density at radius 3 is 2.95 bits per heavy atom. The van der Waals surface area contributed by atoms with E-state index in [2.05, 4.69) is 10.3 Å². The normalized spacial score (nSPS) is 17.4. The van der Waals surface area contributed by atoms with Crippen molar-refractivity contribution in [1.29, 1.82) is 0 Å². The van der Waals surface area contributed by atoms with Gasteiger partial charge in [0.05, 0.1) is 5.02 Å². The number of sulfonamides is 1. The smallest absolute Gasteiger partial charge is 0.244 e. The Kier molecular flexibility index (Phi) is 6.16. The number of aromatic nitrogens is 1. The van der Waals surface area contributed by atoms with Crippen LogP contribution in [-0.2, 0) is 10.0 Å². The number of anilines is 1. The number of hydrogen-bond acceptors (Lipinski definition) is 5. The number of thioether (sulfide) groups is 1. The van der Waals surface area contributed by atoms with E-state index in [1.165, 1.54) is 16.6 Å². The van der Waals surface area contributed by atoms with Crippen LogP contribution in [0.15, 0.2) is 17.2 Å². The van der Waals surface area contributed by atoms with Gasteiger partial charge in [-0.15, -0.1) is 0 Å². The summed E-state index contributed by atoms with van der Waals surface area (Å²) >= 11 is 7.92. The molecule has 0 atom stereocenters. The predicted octanol–water partition coefficient (Wildman–Crippen LogP) is 2.68. The number of rotatable bonds is 5. The van der Waals surface area contributed by atoms with Crippen LogP contribution in [0.25, 0.3) is 0 Å². The van der Waals surface area contributed by atoms with Crippen LogP contribution in [0.1, 0.15) is 19.8 Å². The third kappa shape index (κ3) is 4.25. The minimum atomic E-state index is -3.50. The Morgan fingerprint density at radius 2 is 2.24 bits per heavy atom. The number of pyridine rings is 1. The molecule has 1 saturated heterocycles. The fraction of sp³-hybridized carbons (Fsp3) is 0.615. The summed E-state index contributed by atoms with van der Waals surface area (Å²) in [6.07, 6.45) is 3.21. The maximum Gasteiger partial charge on any atom is 0.244 e. The summed E-state index contributed by atoms with van der Waals surface area (Å²) in [5, 5.41) is 3.42. The van der Waals surface area contributed by atoms with Gasteiger partial charge in [0.1, 0.15) is 10.7 Å². The lowest BCUT2D eigenvalue weighted by Crippen LogP contribution is -2.33. The van der Waals surface area contributed by atoms with Gasteiger partial charge in [0, 0.05) is 31.6 Å². The zero-order valence-corrected chi connectivity index (χ0v) is 14.4. The molecule has 1 N–H and O–H groups in total. The van der Waals surface area contributed by atoms with E-state index in [1.807, 2.05) is 6.92 Å². The highest BCUT2D eigenvalue weighted by Crippen LogP contribution is 2.25. The quantitative estimate of drug-likeness (QED) is 0.885. The summed E-state index contributed by atoms with van der Waals surface area (Å²) in [4.78, 5) is 4.31. The first-order chi connectivity index (χ1) is 10.1. The highest BCUT2D eigenvalue weighted by molar-refractivity contribution is 7.99. The van der Waals surface area contributed by atoms with Crippen LogP contribution in [0.5, 0.6) is 0 Å². The Balaban J connectivity index is 2.21. The fourth-order valence-electron chi connectivity index (χ4n) is 2.05. The zero-order valence-electron chi connectivity index (χ0n) is 12.0. The molecule has 0 bridgehead atoms. The van der Waals surface area contributed by atoms with E-state index < -0.39 is 10.0 Å². The van der Waals surface area contributed by atoms with Crippen molar-refractivity contribution in [1.82, 2.24) is 9.29 Å². The van der Waals surface area contributed by atoms with Gasteiger partial charge in [-0.1, -0.05) is 18.5 Å². The molecular formula is C13H20ClN3O2S2. The Bertz CT molecular complexity index is 573. The molecule has 0 radical (unpaired) electrons. The van der Waals surface area contributed by atoms with Gasteiger partial charge in [-0.2, -0.15) is 16.1 Å². The topological polar surface area (TPSA) is 62.3 Å². The molecule has 0 aromatic carbocycles. The number of nitrogens with zero attached hydrogens (tertiary/aromatic N) is 2. The monoisotopic (exact) mass is 349 g/mol. The first-order valence-electron chi connectivity index (χ1n) is 7.03. The number of nitrogens with one attached hydrogen (secondary N) is 1. The second kappa shape index (κ2) is 7.67. The van der Waals surface area contributed by atoms with Gasteiger partial charge >= 0.3 is 0 Å². The van der Waals surface area contributed by atoms with E-state index in [0.717, 1.165) is 30.9 Å². The molecule has 1 aromatic heterocycles. The molecule has 1 fully saturated rings. The highest BCUT2D eigenvalue weighted by atomic mass is 35.5. The van der Waals surface area contributed by atoms with E-state index in [1.54, 1.807) is 11.8 Å². The van der Waals surface area contributed by atoms with E-state index in [-0.39, 0.29) is 4.90 Å². The molecule has 2 heterocycles. The van der Waals surface area contributed by atoms with Crippen molar-refractivity contribution in [2.75, 3.05) is 36.5 Å². The number of hydrogen-bond donors (Lipinski definition) is 1. The molecule has 0 unspecified atom stereocenters. The molecule has 1 aliphatic rings. The average Bonchev–Trinajstić information content (AvgIpc) is 2.75. The third-order valence-corrected chi connectivity index (χ3v) is 6.38. The first-order valence-corrected chi connectivity index (χ1v) is 10.0. The van der Waals surface area contributed by atoms with Crippen molar-refractivity contribution in [3.8, 4) is 0 Å². The van der Waals surface area contributed by atoms with Gasteiger partial charge in [0.25, 0.3) is 0 Å². The summed E-state index contributed by atoms with van der Waals surface area (Å²) < 4.78 is 26.8. The van der Waals surface area contributed by atoms with E-state index in [4.69, 9.17) is 11.6 Å². The molecule has 0 saturated carbocycles. The maximum atomic E-state index is 12.6. The van der Waals surface area contributed by atoms with Gasteiger partial charge in [0.2, 0.25) is 10.0 Å². The molecule has 1 aromatic rings. The van der Waals surface area contributed by atoms with Crippen LogP contribution in [0.3, 0.4) is 0 Å².